The van der Waals surface area contributed by atoms with Crippen molar-refractivity contribution in [3.8, 4) is 0 Å². The number of nitrogens with two attached hydrogens (primary N) is 1. The van der Waals surface area contributed by atoms with Gasteiger partial charge in [0.25, 0.3) is 0 Å². The summed E-state index contributed by atoms with van der Waals surface area (Å²) < 4.78 is 6.00. The third kappa shape index (κ3) is 1.84. The molecule has 3 N–H and O–H groups in total. The number of aliphatic hydroxyl groups excluding tert-OH is 1. The number of hydrogen-bond acceptors (Lipinski definition) is 4. The molecule has 0 radical (unpaired) electrons. The highest BCUT2D eigenvalue weighted by Crippen LogP contribution is 2.80. The van der Waals surface area contributed by atoms with Crippen LogP contribution in [0, 0.1) is 35.0 Å². The third-order valence-electron chi connectivity index (χ3n) is 8.19. The van der Waals surface area contributed by atoms with Gasteiger partial charge in [0.05, 0.1) is 11.7 Å². The predicted octanol–water partition coefficient (Wildman–Crippen LogP) is 3.25. The Morgan fingerprint density at radius 1 is 1.36 bits per heavy atom. The van der Waals surface area contributed by atoms with Gasteiger partial charge >= 0.3 is 5.97 Å². The molecule has 0 aromatic heterocycles. The Hall–Kier alpha value is -1.55. The summed E-state index contributed by atoms with van der Waals surface area (Å²) >= 11 is 0. The van der Waals surface area contributed by atoms with E-state index >= 15 is 0 Å². The maximum atomic E-state index is 12.7. The lowest BCUT2D eigenvalue weighted by molar-refractivity contribution is -0.242. The lowest BCUT2D eigenvalue weighted by Crippen LogP contribution is -2.67. The fourth-order valence-corrected chi connectivity index (χ4v) is 7.25. The van der Waals surface area contributed by atoms with Crippen molar-refractivity contribution in [1.82, 2.24) is 0 Å². The minimum atomic E-state index is -0.286. The first-order valence-electron chi connectivity index (χ1n) is 9.81. The van der Waals surface area contributed by atoms with Crippen molar-refractivity contribution in [2.75, 3.05) is 5.73 Å². The molecule has 1 aromatic carbocycles. The molecule has 4 heteroatoms. The quantitative estimate of drug-likeness (QED) is 0.654. The van der Waals surface area contributed by atoms with E-state index in [0.29, 0.717) is 40.3 Å². The number of carbonyl (C=O) groups excluding carboxylic acids is 1. The Kier molecular flexibility index (Phi) is 3.28. The van der Waals surface area contributed by atoms with Crippen molar-refractivity contribution >= 4 is 11.7 Å². The summed E-state index contributed by atoms with van der Waals surface area (Å²) in [6.45, 7) is 2.25. The molecular weight excluding hydrogens is 314 g/mol. The fraction of sp³-hybridized carbons (Fsp3) is 0.667. The third-order valence-corrected chi connectivity index (χ3v) is 8.19. The summed E-state index contributed by atoms with van der Waals surface area (Å²) in [6.07, 6.45) is 5.21. The summed E-state index contributed by atoms with van der Waals surface area (Å²) in [5.74, 6) is 2.50. The topological polar surface area (TPSA) is 72.5 Å². The summed E-state index contributed by atoms with van der Waals surface area (Å²) in [6, 6.07) is 7.14. The van der Waals surface area contributed by atoms with Gasteiger partial charge in [0.2, 0.25) is 0 Å². The number of ether oxygens (including phenoxy) is 1. The van der Waals surface area contributed by atoms with Crippen molar-refractivity contribution in [3.63, 3.8) is 0 Å². The van der Waals surface area contributed by atoms with E-state index in [0.717, 1.165) is 31.6 Å². The summed E-state index contributed by atoms with van der Waals surface area (Å²) in [7, 11) is 0. The molecule has 134 valence electrons. The molecule has 5 aliphatic rings. The average Bonchev–Trinajstić information content (AvgIpc) is 2.71. The summed E-state index contributed by atoms with van der Waals surface area (Å²) in [4.78, 5) is 12.7. The number of esters is 1. The lowest BCUT2D eigenvalue weighted by Gasteiger charge is -2.69. The lowest BCUT2D eigenvalue weighted by atomic mass is 9.35. The van der Waals surface area contributed by atoms with Crippen LogP contribution >= 0.6 is 0 Å². The van der Waals surface area contributed by atoms with Gasteiger partial charge in [0.1, 0.15) is 6.10 Å². The van der Waals surface area contributed by atoms with Crippen molar-refractivity contribution in [2.24, 2.45) is 35.0 Å². The zero-order chi connectivity index (χ0) is 17.3. The van der Waals surface area contributed by atoms with Crippen LogP contribution in [0.1, 0.15) is 49.4 Å². The van der Waals surface area contributed by atoms with Crippen LogP contribution in [0.2, 0.25) is 0 Å². The van der Waals surface area contributed by atoms with Crippen LogP contribution in [0.4, 0.5) is 5.69 Å². The predicted molar refractivity (Wildman–Crippen MR) is 94.7 cm³/mol. The van der Waals surface area contributed by atoms with E-state index in [2.05, 4.69) is 6.92 Å². The molecule has 0 amide bonds. The summed E-state index contributed by atoms with van der Waals surface area (Å²) in [5.41, 5.74) is 7.22. The number of para-hydroxylation sites is 1. The number of fused-ring (bicyclic) bond motifs is 2. The van der Waals surface area contributed by atoms with E-state index in [1.807, 2.05) is 12.1 Å². The van der Waals surface area contributed by atoms with Gasteiger partial charge < -0.3 is 15.6 Å². The molecule has 25 heavy (non-hydrogen) atoms. The molecule has 5 fully saturated rings. The van der Waals surface area contributed by atoms with Crippen LogP contribution in [0.5, 0.6) is 0 Å². The molecule has 1 aromatic rings. The van der Waals surface area contributed by atoms with Crippen molar-refractivity contribution in [1.29, 1.82) is 0 Å². The Morgan fingerprint density at radius 2 is 2.16 bits per heavy atom. The molecule has 5 aliphatic carbocycles. The maximum Gasteiger partial charge on any atom is 0.340 e. The highest BCUT2D eigenvalue weighted by Gasteiger charge is 2.77. The number of rotatable bonds is 3. The van der Waals surface area contributed by atoms with E-state index in [9.17, 15) is 9.90 Å². The highest BCUT2D eigenvalue weighted by atomic mass is 16.5. The molecule has 0 saturated heterocycles. The van der Waals surface area contributed by atoms with E-state index in [1.165, 1.54) is 6.42 Å². The van der Waals surface area contributed by atoms with Crippen LogP contribution in [0.3, 0.4) is 0 Å². The van der Waals surface area contributed by atoms with E-state index in [4.69, 9.17) is 10.5 Å². The molecule has 4 bridgehead atoms. The minimum absolute atomic E-state index is 0.00416. The molecule has 0 aliphatic heterocycles. The molecule has 8 unspecified atom stereocenters. The van der Waals surface area contributed by atoms with E-state index in [1.54, 1.807) is 12.1 Å². The first-order chi connectivity index (χ1) is 12.1. The van der Waals surface area contributed by atoms with Gasteiger partial charge in [-0.05, 0) is 66.9 Å². The van der Waals surface area contributed by atoms with E-state index < -0.39 is 0 Å². The van der Waals surface area contributed by atoms with Crippen molar-refractivity contribution < 1.29 is 14.6 Å². The van der Waals surface area contributed by atoms with Gasteiger partial charge in [-0.1, -0.05) is 25.5 Å². The van der Waals surface area contributed by atoms with Gasteiger partial charge in [-0.2, -0.15) is 0 Å². The first-order valence-corrected chi connectivity index (χ1v) is 9.81. The Morgan fingerprint density at radius 3 is 2.92 bits per heavy atom. The molecule has 1 spiro atoms. The average molecular weight is 341 g/mol. The van der Waals surface area contributed by atoms with E-state index in [-0.39, 0.29) is 18.2 Å². The Bertz CT molecular complexity index is 719. The molecule has 0 heterocycles. The first kappa shape index (κ1) is 15.7. The number of benzene rings is 1. The monoisotopic (exact) mass is 341 g/mol. The van der Waals surface area contributed by atoms with Gasteiger partial charge in [-0.15, -0.1) is 0 Å². The molecule has 4 nitrogen and oxygen atoms in total. The molecular formula is C21H27NO3. The number of nitrogen functional groups attached to an aromatic ring is 1. The molecule has 5 saturated carbocycles. The molecule has 8 atom stereocenters. The molecule has 6 rings (SSSR count). The smallest absolute Gasteiger partial charge is 0.340 e. The second kappa shape index (κ2) is 5.23. The SMILES string of the molecule is CCC1CC(O)C2CC3C2C2C(OC(=O)c4ccccc4N)CCC132. The van der Waals surface area contributed by atoms with Gasteiger partial charge in [0, 0.05) is 11.6 Å². The van der Waals surface area contributed by atoms with Crippen LogP contribution in [-0.2, 0) is 4.74 Å². The Labute approximate surface area is 148 Å². The second-order valence-corrected chi connectivity index (χ2v) is 8.70. The number of carbonyl (C=O) groups is 1. The second-order valence-electron chi connectivity index (χ2n) is 8.70. The van der Waals surface area contributed by atoms with Gasteiger partial charge in [0.15, 0.2) is 0 Å². The Balaban J connectivity index is 1.41. The van der Waals surface area contributed by atoms with Crippen LogP contribution < -0.4 is 5.73 Å². The van der Waals surface area contributed by atoms with Crippen LogP contribution in [0.25, 0.3) is 0 Å². The van der Waals surface area contributed by atoms with Gasteiger partial charge in [-0.3, -0.25) is 0 Å². The van der Waals surface area contributed by atoms with Crippen molar-refractivity contribution in [2.45, 2.75) is 51.2 Å². The van der Waals surface area contributed by atoms with Gasteiger partial charge in [-0.25, -0.2) is 4.79 Å². The number of hydrogen-bond donors (Lipinski definition) is 2. The zero-order valence-electron chi connectivity index (χ0n) is 14.7. The van der Waals surface area contributed by atoms with Crippen LogP contribution in [-0.4, -0.2) is 23.3 Å². The summed E-state index contributed by atoms with van der Waals surface area (Å²) in [5, 5.41) is 10.6. The fourth-order valence-electron chi connectivity index (χ4n) is 7.25. The van der Waals surface area contributed by atoms with Crippen LogP contribution in [0.15, 0.2) is 24.3 Å². The standard InChI is InChI=1S/C21H27NO3/c1-2-11-9-16(23)13-10-14-18(13)19-17(7-8-21(11,14)19)25-20(24)12-5-3-4-6-15(12)22/h3-6,11,13-14,16-19,23H,2,7-10,22H2,1H3. The van der Waals surface area contributed by atoms with Crippen molar-refractivity contribution in [3.05, 3.63) is 29.8 Å². The number of anilines is 1. The largest absolute Gasteiger partial charge is 0.458 e. The maximum absolute atomic E-state index is 12.7. The minimum Gasteiger partial charge on any atom is -0.458 e. The number of aliphatic hydroxyl groups is 1. The zero-order valence-corrected chi connectivity index (χ0v) is 14.7. The normalized spacial score (nSPS) is 46.4. The highest BCUT2D eigenvalue weighted by molar-refractivity contribution is 5.95.